The summed E-state index contributed by atoms with van der Waals surface area (Å²) in [6, 6.07) is 20.6. The predicted octanol–water partition coefficient (Wildman–Crippen LogP) is 4.81. The van der Waals surface area contributed by atoms with Gasteiger partial charge >= 0.3 is 0 Å². The summed E-state index contributed by atoms with van der Waals surface area (Å²) >= 11 is 1.12. The molecule has 5 aromatic rings. The summed E-state index contributed by atoms with van der Waals surface area (Å²) in [5, 5.41) is 15.0. The van der Waals surface area contributed by atoms with E-state index >= 15 is 0 Å². The summed E-state index contributed by atoms with van der Waals surface area (Å²) in [4.78, 5) is 44.6. The average molecular weight is 486 g/mol. The van der Waals surface area contributed by atoms with Crippen molar-refractivity contribution in [3.05, 3.63) is 98.8 Å². The molecule has 2 N–H and O–H groups in total. The number of amides is 1. The Kier molecular flexibility index (Phi) is 5.79. The van der Waals surface area contributed by atoms with Gasteiger partial charge in [0, 0.05) is 28.7 Å². The highest BCUT2D eigenvalue weighted by molar-refractivity contribution is 7.99. The highest BCUT2D eigenvalue weighted by atomic mass is 32.2. The first-order chi connectivity index (χ1) is 16.9. The van der Waals surface area contributed by atoms with E-state index in [0.717, 1.165) is 28.2 Å². The lowest BCUT2D eigenvalue weighted by Gasteiger charge is -2.12. The quantitative estimate of drug-likeness (QED) is 0.154. The molecule has 174 valence electrons. The van der Waals surface area contributed by atoms with Crippen LogP contribution in [0.3, 0.4) is 0 Å². The molecule has 0 bridgehead atoms. The van der Waals surface area contributed by atoms with Gasteiger partial charge in [-0.05, 0) is 42.8 Å². The summed E-state index contributed by atoms with van der Waals surface area (Å²) in [5.41, 5.74) is 3.26. The maximum absolute atomic E-state index is 13.6. The van der Waals surface area contributed by atoms with Crippen molar-refractivity contribution in [2.75, 3.05) is 11.1 Å². The van der Waals surface area contributed by atoms with Crippen molar-refractivity contribution in [1.82, 2.24) is 14.5 Å². The number of para-hydroxylation sites is 1. The molecule has 1 amide bonds. The number of aromatic nitrogens is 3. The normalized spacial score (nSPS) is 11.1. The Hall–Kier alpha value is -4.44. The van der Waals surface area contributed by atoms with Gasteiger partial charge in [-0.3, -0.25) is 24.3 Å². The zero-order valence-electron chi connectivity index (χ0n) is 18.5. The number of nitrogens with zero attached hydrogens (tertiary/aromatic N) is 3. The average Bonchev–Trinajstić information content (AvgIpc) is 3.22. The van der Waals surface area contributed by atoms with Gasteiger partial charge in [0.25, 0.3) is 11.2 Å². The number of thioether (sulfide) groups is 1. The lowest BCUT2D eigenvalue weighted by Crippen LogP contribution is -2.23. The Morgan fingerprint density at radius 3 is 2.63 bits per heavy atom. The Balaban J connectivity index is 1.56. The lowest BCUT2D eigenvalue weighted by molar-refractivity contribution is -0.384. The number of benzene rings is 3. The molecule has 0 unspecified atom stereocenters. The first-order valence-corrected chi connectivity index (χ1v) is 11.7. The first-order valence-electron chi connectivity index (χ1n) is 10.7. The second-order valence-corrected chi connectivity index (χ2v) is 8.85. The molecular weight excluding hydrogens is 466 g/mol. The van der Waals surface area contributed by atoms with Gasteiger partial charge in [-0.15, -0.1) is 0 Å². The van der Waals surface area contributed by atoms with Crippen LogP contribution in [0.2, 0.25) is 0 Å². The maximum Gasteiger partial charge on any atom is 0.283 e. The minimum atomic E-state index is -0.503. The fourth-order valence-electron chi connectivity index (χ4n) is 3.84. The van der Waals surface area contributed by atoms with E-state index in [-0.39, 0.29) is 22.9 Å². The van der Waals surface area contributed by atoms with Crippen LogP contribution in [0.1, 0.15) is 5.56 Å². The number of fused-ring (bicyclic) bond motifs is 3. The van der Waals surface area contributed by atoms with Crippen LogP contribution < -0.4 is 10.9 Å². The number of hydrogen-bond donors (Lipinski definition) is 2. The molecular formula is C25H19N5O4S. The smallest absolute Gasteiger partial charge is 0.283 e. The van der Waals surface area contributed by atoms with E-state index < -0.39 is 4.92 Å². The topological polar surface area (TPSA) is 123 Å². The highest BCUT2D eigenvalue weighted by Gasteiger charge is 2.19. The van der Waals surface area contributed by atoms with Crippen molar-refractivity contribution < 1.29 is 9.72 Å². The minimum absolute atomic E-state index is 0.0151. The van der Waals surface area contributed by atoms with E-state index in [9.17, 15) is 19.7 Å². The molecule has 2 heterocycles. The Labute approximate surface area is 203 Å². The van der Waals surface area contributed by atoms with E-state index in [1.54, 1.807) is 6.07 Å². The van der Waals surface area contributed by atoms with Crippen LogP contribution in [-0.4, -0.2) is 31.1 Å². The molecule has 3 aromatic carbocycles. The van der Waals surface area contributed by atoms with Gasteiger partial charge < -0.3 is 10.3 Å². The Morgan fingerprint density at radius 2 is 1.89 bits per heavy atom. The maximum atomic E-state index is 13.6. The van der Waals surface area contributed by atoms with E-state index in [4.69, 9.17) is 4.98 Å². The lowest BCUT2D eigenvalue weighted by atomic mass is 10.2. The van der Waals surface area contributed by atoms with Crippen LogP contribution in [-0.2, 0) is 4.79 Å². The number of aromatic amines is 1. The van der Waals surface area contributed by atoms with Crippen molar-refractivity contribution in [1.29, 1.82) is 0 Å². The number of non-ortho nitro benzene ring substituents is 1. The third kappa shape index (κ3) is 4.38. The van der Waals surface area contributed by atoms with E-state index in [0.29, 0.717) is 27.6 Å². The van der Waals surface area contributed by atoms with Crippen LogP contribution in [0.25, 0.3) is 27.6 Å². The molecule has 0 atom stereocenters. The fourth-order valence-corrected chi connectivity index (χ4v) is 4.65. The van der Waals surface area contributed by atoms with Crippen LogP contribution in [0, 0.1) is 17.0 Å². The third-order valence-electron chi connectivity index (χ3n) is 5.45. The number of rotatable bonds is 6. The van der Waals surface area contributed by atoms with Crippen molar-refractivity contribution in [3.63, 3.8) is 0 Å². The number of carbonyl (C=O) groups excluding carboxylic acids is 1. The summed E-state index contributed by atoms with van der Waals surface area (Å²) < 4.78 is 1.37. The molecule has 0 aliphatic carbocycles. The van der Waals surface area contributed by atoms with Crippen LogP contribution >= 0.6 is 11.8 Å². The van der Waals surface area contributed by atoms with Gasteiger partial charge in [-0.2, -0.15) is 0 Å². The predicted molar refractivity (Wildman–Crippen MR) is 136 cm³/mol. The molecule has 0 saturated carbocycles. The summed E-state index contributed by atoms with van der Waals surface area (Å²) in [5.74, 6) is -0.231. The van der Waals surface area contributed by atoms with Gasteiger partial charge in [0.05, 0.1) is 16.4 Å². The van der Waals surface area contributed by atoms with Crippen LogP contribution in [0.15, 0.2) is 82.7 Å². The SMILES string of the molecule is Cc1cccc(NC(=O)CSc2nc3c([nH]c4ccccc43)c(=O)n2-c2ccc([N+](=O)[O-])cc2)c1. The van der Waals surface area contributed by atoms with Gasteiger partial charge in [0.2, 0.25) is 5.91 Å². The second-order valence-electron chi connectivity index (χ2n) is 7.91. The Morgan fingerprint density at radius 1 is 1.11 bits per heavy atom. The molecule has 0 aliphatic rings. The second kappa shape index (κ2) is 9.07. The molecule has 0 fully saturated rings. The molecule has 35 heavy (non-hydrogen) atoms. The molecule has 0 saturated heterocycles. The van der Waals surface area contributed by atoms with E-state index in [2.05, 4.69) is 10.3 Å². The summed E-state index contributed by atoms with van der Waals surface area (Å²) in [7, 11) is 0. The van der Waals surface area contributed by atoms with Crippen molar-refractivity contribution in [2.45, 2.75) is 12.1 Å². The number of aryl methyl sites for hydroxylation is 1. The number of carbonyl (C=O) groups is 1. The summed E-state index contributed by atoms with van der Waals surface area (Å²) in [6.45, 7) is 1.94. The molecule has 0 aliphatic heterocycles. The van der Waals surface area contributed by atoms with Crippen molar-refractivity contribution >= 4 is 51.0 Å². The molecule has 2 aromatic heterocycles. The molecule has 5 rings (SSSR count). The van der Waals surface area contributed by atoms with Gasteiger partial charge in [0.1, 0.15) is 11.0 Å². The fraction of sp³-hybridized carbons (Fsp3) is 0.0800. The zero-order valence-corrected chi connectivity index (χ0v) is 19.3. The van der Waals surface area contributed by atoms with E-state index in [1.807, 2.05) is 49.4 Å². The number of anilines is 1. The van der Waals surface area contributed by atoms with Crippen molar-refractivity contribution in [2.24, 2.45) is 0 Å². The molecule has 0 radical (unpaired) electrons. The molecule has 0 spiro atoms. The van der Waals surface area contributed by atoms with Crippen LogP contribution in [0.4, 0.5) is 11.4 Å². The van der Waals surface area contributed by atoms with Crippen molar-refractivity contribution in [3.8, 4) is 5.69 Å². The highest BCUT2D eigenvalue weighted by Crippen LogP contribution is 2.27. The zero-order chi connectivity index (χ0) is 24.5. The van der Waals surface area contributed by atoms with Gasteiger partial charge in [0.15, 0.2) is 5.16 Å². The standard InChI is InChI=1S/C25H19N5O4S/c1-15-5-4-6-16(13-15)26-21(31)14-35-25-28-22-19-7-2-3-8-20(19)27-23(22)24(32)29(25)17-9-11-18(12-10-17)30(33)34/h2-13,27H,14H2,1H3,(H,26,31). The summed E-state index contributed by atoms with van der Waals surface area (Å²) in [6.07, 6.45) is 0. The minimum Gasteiger partial charge on any atom is -0.349 e. The number of nitro groups is 1. The third-order valence-corrected chi connectivity index (χ3v) is 6.39. The Bertz CT molecular complexity index is 1660. The number of H-pyrrole nitrogens is 1. The number of nitro benzene ring substituents is 1. The number of hydrogen-bond acceptors (Lipinski definition) is 6. The number of nitrogens with one attached hydrogen (secondary N) is 2. The van der Waals surface area contributed by atoms with Gasteiger partial charge in [-0.1, -0.05) is 42.1 Å². The van der Waals surface area contributed by atoms with Gasteiger partial charge in [-0.25, -0.2) is 4.98 Å². The monoisotopic (exact) mass is 485 g/mol. The first kappa shape index (κ1) is 22.4. The molecule has 10 heteroatoms. The largest absolute Gasteiger partial charge is 0.349 e. The molecule has 9 nitrogen and oxygen atoms in total. The van der Waals surface area contributed by atoms with Crippen LogP contribution in [0.5, 0.6) is 0 Å². The van der Waals surface area contributed by atoms with E-state index in [1.165, 1.54) is 28.8 Å².